The Morgan fingerprint density at radius 2 is 1.52 bits per heavy atom. The molecule has 3 heterocycles. The van der Waals surface area contributed by atoms with Gasteiger partial charge in [0.25, 0.3) is 0 Å². The van der Waals surface area contributed by atoms with Crippen molar-refractivity contribution in [3.05, 3.63) is 0 Å². The molecule has 5 atom stereocenters. The molecule has 144 valence electrons. The first-order valence-electron chi connectivity index (χ1n) is 10.8. The highest BCUT2D eigenvalue weighted by Crippen LogP contribution is 2.67. The molecule has 0 unspecified atom stereocenters. The zero-order valence-electron chi connectivity index (χ0n) is 16.4. The quantitative estimate of drug-likeness (QED) is 0.604. The standard InChI is InChI=1S/C20H37N2OPS/c1-15(2)17-11-10-16(3)14-20(17)23-24(25)21-12-6-4-8-18(21)19-9-5-7-13-22(19)24/h15-20H,4-14H2,1-3H3/t16-,17+,18+,19+,20-/m1/s1. The van der Waals surface area contributed by atoms with Crippen LogP contribution >= 0.6 is 6.57 Å². The SMILES string of the molecule is CC(C)[C@@H]1CC[C@@H](C)C[C@H]1OP1(=S)N2CCCC[C@H]2[C@@H]2CCCCN21. The number of nitrogens with zero attached hydrogens (tertiary/aromatic N) is 2. The predicted octanol–water partition coefficient (Wildman–Crippen LogP) is 5.41. The maximum atomic E-state index is 7.10. The Balaban J connectivity index is 1.61. The van der Waals surface area contributed by atoms with E-state index in [-0.39, 0.29) is 0 Å². The van der Waals surface area contributed by atoms with Gasteiger partial charge in [-0.05, 0) is 68.1 Å². The molecule has 4 aliphatic rings. The Morgan fingerprint density at radius 3 is 2.08 bits per heavy atom. The van der Waals surface area contributed by atoms with Gasteiger partial charge in [-0.2, -0.15) is 0 Å². The smallest absolute Gasteiger partial charge is 0.204 e. The van der Waals surface area contributed by atoms with Crippen molar-refractivity contribution >= 4 is 18.4 Å². The maximum absolute atomic E-state index is 7.10. The van der Waals surface area contributed by atoms with E-state index in [4.69, 9.17) is 16.3 Å². The van der Waals surface area contributed by atoms with Crippen molar-refractivity contribution in [1.82, 2.24) is 9.34 Å². The molecule has 4 fully saturated rings. The van der Waals surface area contributed by atoms with E-state index in [1.807, 2.05) is 0 Å². The highest BCUT2D eigenvalue weighted by Gasteiger charge is 2.54. The molecular formula is C20H37N2OPS. The Bertz CT molecular complexity index is 502. The average Bonchev–Trinajstić information content (AvgIpc) is 2.85. The van der Waals surface area contributed by atoms with Crippen molar-refractivity contribution in [3.8, 4) is 0 Å². The molecule has 4 rings (SSSR count). The molecule has 0 spiro atoms. The summed E-state index contributed by atoms with van der Waals surface area (Å²) in [6.45, 7) is 7.53. The molecule has 0 bridgehead atoms. The number of hydrogen-bond donors (Lipinski definition) is 0. The maximum Gasteiger partial charge on any atom is 0.204 e. The van der Waals surface area contributed by atoms with Crippen LogP contribution in [0.5, 0.6) is 0 Å². The van der Waals surface area contributed by atoms with Crippen LogP contribution < -0.4 is 0 Å². The zero-order chi connectivity index (χ0) is 17.6. The number of rotatable bonds is 3. The second kappa shape index (κ2) is 7.51. The van der Waals surface area contributed by atoms with Gasteiger partial charge in [-0.25, -0.2) is 9.34 Å². The number of hydrogen-bond acceptors (Lipinski definition) is 2. The molecule has 0 N–H and O–H groups in total. The fraction of sp³-hybridized carbons (Fsp3) is 1.00. The zero-order valence-corrected chi connectivity index (χ0v) is 18.1. The monoisotopic (exact) mass is 384 g/mol. The van der Waals surface area contributed by atoms with E-state index in [1.54, 1.807) is 0 Å². The van der Waals surface area contributed by atoms with Gasteiger partial charge in [0.05, 0.1) is 6.10 Å². The summed E-state index contributed by atoms with van der Waals surface area (Å²) in [6, 6.07) is 1.39. The normalized spacial score (nSPS) is 42.3. The molecule has 0 aromatic rings. The lowest BCUT2D eigenvalue weighted by Crippen LogP contribution is -2.41. The van der Waals surface area contributed by atoms with Crippen LogP contribution in [0.4, 0.5) is 0 Å². The lowest BCUT2D eigenvalue weighted by atomic mass is 9.75. The highest BCUT2D eigenvalue weighted by atomic mass is 32.5. The van der Waals surface area contributed by atoms with Crippen LogP contribution in [0.1, 0.15) is 78.6 Å². The van der Waals surface area contributed by atoms with E-state index < -0.39 is 6.57 Å². The first kappa shape index (κ1) is 18.9. The van der Waals surface area contributed by atoms with E-state index in [2.05, 4.69) is 30.1 Å². The van der Waals surface area contributed by atoms with Crippen molar-refractivity contribution in [2.45, 2.75) is 96.7 Å². The summed E-state index contributed by atoms with van der Waals surface area (Å²) in [4.78, 5) is 0. The molecule has 25 heavy (non-hydrogen) atoms. The number of fused-ring (bicyclic) bond motifs is 3. The van der Waals surface area contributed by atoms with E-state index >= 15 is 0 Å². The van der Waals surface area contributed by atoms with Crippen LogP contribution in [-0.4, -0.2) is 40.6 Å². The minimum absolute atomic E-state index is 0.387. The number of piperidine rings is 2. The highest BCUT2D eigenvalue weighted by molar-refractivity contribution is 8.10. The lowest BCUT2D eigenvalue weighted by Gasteiger charge is -2.44. The molecule has 0 amide bonds. The third kappa shape index (κ3) is 3.40. The second-order valence-electron chi connectivity index (χ2n) is 9.41. The molecular weight excluding hydrogens is 347 g/mol. The van der Waals surface area contributed by atoms with Crippen LogP contribution in [-0.2, 0) is 16.3 Å². The van der Waals surface area contributed by atoms with Gasteiger partial charge in [-0.1, -0.05) is 40.0 Å². The van der Waals surface area contributed by atoms with Crippen molar-refractivity contribution in [3.63, 3.8) is 0 Å². The van der Waals surface area contributed by atoms with Crippen LogP contribution in [0.2, 0.25) is 0 Å². The van der Waals surface area contributed by atoms with Crippen molar-refractivity contribution < 1.29 is 4.52 Å². The third-order valence-corrected chi connectivity index (χ3v) is 11.7. The Kier molecular flexibility index (Phi) is 5.67. The van der Waals surface area contributed by atoms with Gasteiger partial charge in [-0.15, -0.1) is 0 Å². The third-order valence-electron chi connectivity index (χ3n) is 7.37. The summed E-state index contributed by atoms with van der Waals surface area (Å²) in [6.07, 6.45) is 12.4. The molecule has 3 nitrogen and oxygen atoms in total. The van der Waals surface area contributed by atoms with Gasteiger partial charge in [0.15, 0.2) is 0 Å². The van der Waals surface area contributed by atoms with Crippen molar-refractivity contribution in [1.29, 1.82) is 0 Å². The summed E-state index contributed by atoms with van der Waals surface area (Å²) in [7, 11) is 0. The molecule has 1 saturated carbocycles. The van der Waals surface area contributed by atoms with Crippen molar-refractivity contribution in [2.75, 3.05) is 13.1 Å². The minimum atomic E-state index is -2.01. The Morgan fingerprint density at radius 1 is 0.920 bits per heavy atom. The van der Waals surface area contributed by atoms with Crippen LogP contribution in [0.25, 0.3) is 0 Å². The first-order valence-corrected chi connectivity index (χ1v) is 13.5. The largest absolute Gasteiger partial charge is 0.323 e. The van der Waals surface area contributed by atoms with E-state index in [0.29, 0.717) is 30.0 Å². The van der Waals surface area contributed by atoms with Crippen LogP contribution in [0.3, 0.4) is 0 Å². The summed E-state index contributed by atoms with van der Waals surface area (Å²) in [5, 5.41) is 0. The van der Waals surface area contributed by atoms with Gasteiger partial charge in [0.1, 0.15) is 0 Å². The molecule has 1 aliphatic carbocycles. The minimum Gasteiger partial charge on any atom is -0.323 e. The second-order valence-corrected chi connectivity index (χ2v) is 13.1. The Hall–Kier alpha value is 0.530. The van der Waals surface area contributed by atoms with Crippen molar-refractivity contribution in [2.24, 2.45) is 17.8 Å². The fourth-order valence-electron chi connectivity index (χ4n) is 5.97. The van der Waals surface area contributed by atoms with Crippen LogP contribution in [0.15, 0.2) is 0 Å². The van der Waals surface area contributed by atoms with E-state index in [9.17, 15) is 0 Å². The Labute approximate surface area is 160 Å². The average molecular weight is 385 g/mol. The molecule has 0 aromatic carbocycles. The van der Waals surface area contributed by atoms with E-state index in [1.165, 1.54) is 70.9 Å². The summed E-state index contributed by atoms with van der Waals surface area (Å²) < 4.78 is 12.5. The van der Waals surface area contributed by atoms with Gasteiger partial charge in [0.2, 0.25) is 6.57 Å². The fourth-order valence-corrected chi connectivity index (χ4v) is 10.7. The first-order chi connectivity index (χ1) is 12.0. The van der Waals surface area contributed by atoms with Crippen LogP contribution in [0, 0.1) is 17.8 Å². The molecule has 3 saturated heterocycles. The van der Waals surface area contributed by atoms with Gasteiger partial charge in [0, 0.05) is 25.2 Å². The van der Waals surface area contributed by atoms with Gasteiger partial charge < -0.3 is 4.52 Å². The molecule has 5 heteroatoms. The topological polar surface area (TPSA) is 15.7 Å². The molecule has 0 radical (unpaired) electrons. The van der Waals surface area contributed by atoms with Gasteiger partial charge >= 0.3 is 0 Å². The summed E-state index contributed by atoms with van der Waals surface area (Å²) in [5.41, 5.74) is 0. The summed E-state index contributed by atoms with van der Waals surface area (Å²) >= 11 is 6.46. The summed E-state index contributed by atoms with van der Waals surface area (Å²) in [5.74, 6) is 2.19. The predicted molar refractivity (Wildman–Crippen MR) is 109 cm³/mol. The molecule has 3 aliphatic heterocycles. The molecule has 0 aromatic heterocycles. The van der Waals surface area contributed by atoms with E-state index in [0.717, 1.165) is 5.92 Å². The lowest BCUT2D eigenvalue weighted by molar-refractivity contribution is 0.0435. The van der Waals surface area contributed by atoms with Gasteiger partial charge in [-0.3, -0.25) is 0 Å².